The minimum absolute atomic E-state index is 0.0286. The molecule has 3 aromatic heterocycles. The maximum atomic E-state index is 13.7. The standard InChI is InChI=1S/C28H24F3N5O2/c1-18-5-2-7-22-26(18)36(27(38)35(22)16-25(37)34-14-4-8-24(34)28(29,30)31)20-11-9-19(10-12-20)21-6-3-13-33-17-32-15-23(21)33/h2-3,5-7,9-13,15,17,24H,4,8,14,16H2,1H3/t24-/m0/s1. The predicted octanol–water partition coefficient (Wildman–Crippen LogP) is 4.97. The molecule has 38 heavy (non-hydrogen) atoms. The van der Waals surface area contributed by atoms with E-state index < -0.39 is 30.4 Å². The van der Waals surface area contributed by atoms with Crippen molar-refractivity contribution in [3.63, 3.8) is 0 Å². The van der Waals surface area contributed by atoms with Crippen LogP contribution in [-0.2, 0) is 11.3 Å². The average molecular weight is 520 g/mol. The molecule has 0 spiro atoms. The van der Waals surface area contributed by atoms with Crippen LogP contribution in [0.1, 0.15) is 18.4 Å². The van der Waals surface area contributed by atoms with Crippen molar-refractivity contribution in [3.05, 3.63) is 89.4 Å². The second kappa shape index (κ2) is 8.90. The summed E-state index contributed by atoms with van der Waals surface area (Å²) in [5, 5.41) is 0. The molecule has 1 aliphatic heterocycles. The summed E-state index contributed by atoms with van der Waals surface area (Å²) >= 11 is 0. The van der Waals surface area contributed by atoms with Gasteiger partial charge >= 0.3 is 11.9 Å². The quantitative estimate of drug-likeness (QED) is 0.337. The van der Waals surface area contributed by atoms with Crippen LogP contribution in [-0.4, -0.2) is 48.1 Å². The van der Waals surface area contributed by atoms with E-state index >= 15 is 0 Å². The molecule has 0 N–H and O–H groups in total. The summed E-state index contributed by atoms with van der Waals surface area (Å²) in [6.45, 7) is 1.43. The Morgan fingerprint density at radius 3 is 2.61 bits per heavy atom. The smallest absolute Gasteiger partial charge is 0.329 e. The van der Waals surface area contributed by atoms with Gasteiger partial charge in [-0.25, -0.2) is 9.78 Å². The number of aromatic nitrogens is 4. The number of likely N-dealkylation sites (tertiary alicyclic amines) is 1. The third-order valence-electron chi connectivity index (χ3n) is 7.29. The van der Waals surface area contributed by atoms with Crippen LogP contribution in [0.3, 0.4) is 0 Å². The number of rotatable bonds is 4. The van der Waals surface area contributed by atoms with Gasteiger partial charge in [-0.15, -0.1) is 0 Å². The van der Waals surface area contributed by atoms with E-state index in [0.717, 1.165) is 27.1 Å². The number of para-hydroxylation sites is 1. The number of carbonyl (C=O) groups excluding carboxylic acids is 1. The molecule has 1 amide bonds. The van der Waals surface area contributed by atoms with E-state index in [0.29, 0.717) is 16.7 Å². The molecule has 7 nitrogen and oxygen atoms in total. The highest BCUT2D eigenvalue weighted by molar-refractivity contribution is 5.85. The van der Waals surface area contributed by atoms with E-state index in [-0.39, 0.29) is 19.4 Å². The maximum Gasteiger partial charge on any atom is 0.408 e. The van der Waals surface area contributed by atoms with Gasteiger partial charge in [0.15, 0.2) is 0 Å². The summed E-state index contributed by atoms with van der Waals surface area (Å²) in [5.41, 5.74) is 4.92. The van der Waals surface area contributed by atoms with Crippen molar-refractivity contribution >= 4 is 22.5 Å². The number of amides is 1. The molecular weight excluding hydrogens is 495 g/mol. The number of hydrogen-bond acceptors (Lipinski definition) is 3. The number of benzene rings is 2. The topological polar surface area (TPSA) is 64.5 Å². The van der Waals surface area contributed by atoms with Crippen LogP contribution < -0.4 is 5.69 Å². The van der Waals surface area contributed by atoms with Gasteiger partial charge in [0.05, 0.1) is 34.8 Å². The zero-order chi connectivity index (χ0) is 26.6. The van der Waals surface area contributed by atoms with Gasteiger partial charge < -0.3 is 9.30 Å². The number of fused-ring (bicyclic) bond motifs is 2. The number of imidazole rings is 2. The van der Waals surface area contributed by atoms with Gasteiger partial charge in [0, 0.05) is 18.3 Å². The summed E-state index contributed by atoms with van der Waals surface area (Å²) < 4.78 is 45.1. The Labute approximate surface area is 215 Å². The van der Waals surface area contributed by atoms with Crippen molar-refractivity contribution in [2.45, 2.75) is 38.5 Å². The molecule has 2 aromatic carbocycles. The first-order chi connectivity index (χ1) is 18.2. The molecule has 1 fully saturated rings. The fraction of sp³-hybridized carbons (Fsp3) is 0.250. The normalized spacial score (nSPS) is 16.1. The molecule has 1 aliphatic rings. The van der Waals surface area contributed by atoms with Crippen LogP contribution in [0.2, 0.25) is 0 Å². The molecule has 194 valence electrons. The lowest BCUT2D eigenvalue weighted by molar-refractivity contribution is -0.182. The van der Waals surface area contributed by atoms with E-state index in [4.69, 9.17) is 0 Å². The van der Waals surface area contributed by atoms with Crippen LogP contribution >= 0.6 is 0 Å². The molecule has 1 saturated heterocycles. The second-order valence-corrected chi connectivity index (χ2v) is 9.59. The number of aryl methyl sites for hydroxylation is 1. The van der Waals surface area contributed by atoms with Crippen molar-refractivity contribution < 1.29 is 18.0 Å². The lowest BCUT2D eigenvalue weighted by Crippen LogP contribution is -2.46. The SMILES string of the molecule is Cc1cccc2c1n(-c1ccc(-c3cccn4cncc34)cc1)c(=O)n2CC(=O)N1CCC[C@H]1C(F)(F)F. The first kappa shape index (κ1) is 24.0. The molecule has 6 rings (SSSR count). The minimum atomic E-state index is -4.50. The van der Waals surface area contributed by atoms with Gasteiger partial charge in [-0.2, -0.15) is 13.2 Å². The largest absolute Gasteiger partial charge is 0.408 e. The highest BCUT2D eigenvalue weighted by Crippen LogP contribution is 2.33. The summed E-state index contributed by atoms with van der Waals surface area (Å²) in [6, 6.07) is 14.9. The van der Waals surface area contributed by atoms with Crippen LogP contribution in [0.25, 0.3) is 33.4 Å². The van der Waals surface area contributed by atoms with Crippen molar-refractivity contribution in [1.29, 1.82) is 0 Å². The molecule has 0 radical (unpaired) electrons. The van der Waals surface area contributed by atoms with Gasteiger partial charge in [0.1, 0.15) is 12.6 Å². The van der Waals surface area contributed by atoms with Crippen LogP contribution in [0, 0.1) is 6.92 Å². The number of alkyl halides is 3. The van der Waals surface area contributed by atoms with E-state index in [9.17, 15) is 22.8 Å². The van der Waals surface area contributed by atoms with Gasteiger partial charge in [-0.3, -0.25) is 13.9 Å². The Hall–Kier alpha value is -4.34. The first-order valence-electron chi connectivity index (χ1n) is 12.3. The molecule has 1 atom stereocenters. The Kier molecular flexibility index (Phi) is 5.62. The van der Waals surface area contributed by atoms with Crippen molar-refractivity contribution in [1.82, 2.24) is 23.4 Å². The number of carbonyl (C=O) groups is 1. The number of nitrogens with zero attached hydrogens (tertiary/aromatic N) is 5. The van der Waals surface area contributed by atoms with E-state index in [1.54, 1.807) is 24.7 Å². The van der Waals surface area contributed by atoms with Crippen molar-refractivity contribution in [2.75, 3.05) is 6.54 Å². The zero-order valence-corrected chi connectivity index (χ0v) is 20.5. The zero-order valence-electron chi connectivity index (χ0n) is 20.5. The van der Waals surface area contributed by atoms with Crippen molar-refractivity contribution in [3.8, 4) is 16.8 Å². The Balaban J connectivity index is 1.41. The van der Waals surface area contributed by atoms with Gasteiger partial charge in [0.2, 0.25) is 5.91 Å². The van der Waals surface area contributed by atoms with Gasteiger partial charge in [-0.1, -0.05) is 30.3 Å². The molecule has 0 bridgehead atoms. The first-order valence-corrected chi connectivity index (χ1v) is 12.3. The molecule has 5 aromatic rings. The van der Waals surface area contributed by atoms with E-state index in [2.05, 4.69) is 4.98 Å². The molecule has 0 aliphatic carbocycles. The Bertz CT molecular complexity index is 1730. The molecular formula is C28H24F3N5O2. The predicted molar refractivity (Wildman–Crippen MR) is 137 cm³/mol. The lowest BCUT2D eigenvalue weighted by atomic mass is 10.1. The maximum absolute atomic E-state index is 13.7. The fourth-order valence-corrected chi connectivity index (χ4v) is 5.48. The summed E-state index contributed by atoms with van der Waals surface area (Å²) in [5.74, 6) is -0.711. The monoisotopic (exact) mass is 519 g/mol. The Morgan fingerprint density at radius 2 is 1.84 bits per heavy atom. The van der Waals surface area contributed by atoms with Crippen LogP contribution in [0.5, 0.6) is 0 Å². The van der Waals surface area contributed by atoms with Gasteiger partial charge in [0.25, 0.3) is 0 Å². The third-order valence-corrected chi connectivity index (χ3v) is 7.29. The van der Waals surface area contributed by atoms with E-state index in [1.165, 1.54) is 9.13 Å². The second-order valence-electron chi connectivity index (χ2n) is 9.59. The van der Waals surface area contributed by atoms with Gasteiger partial charge in [-0.05, 0) is 55.2 Å². The summed E-state index contributed by atoms with van der Waals surface area (Å²) in [7, 11) is 0. The molecule has 10 heteroatoms. The Morgan fingerprint density at radius 1 is 1.05 bits per heavy atom. The average Bonchev–Trinajstić information content (AvgIpc) is 3.63. The summed E-state index contributed by atoms with van der Waals surface area (Å²) in [6.07, 6.45) is 1.09. The summed E-state index contributed by atoms with van der Waals surface area (Å²) in [4.78, 5) is 31.8. The fourth-order valence-electron chi connectivity index (χ4n) is 5.48. The molecule has 4 heterocycles. The third kappa shape index (κ3) is 3.87. The molecule has 0 unspecified atom stereocenters. The minimum Gasteiger partial charge on any atom is -0.329 e. The van der Waals surface area contributed by atoms with Crippen molar-refractivity contribution in [2.24, 2.45) is 0 Å². The lowest BCUT2D eigenvalue weighted by Gasteiger charge is -2.26. The van der Waals surface area contributed by atoms with Crippen LogP contribution in [0.15, 0.2) is 78.1 Å². The highest BCUT2D eigenvalue weighted by Gasteiger charge is 2.47. The molecule has 0 saturated carbocycles. The number of pyridine rings is 1. The highest BCUT2D eigenvalue weighted by atomic mass is 19.4. The number of halogens is 3. The van der Waals surface area contributed by atoms with Crippen LogP contribution in [0.4, 0.5) is 13.2 Å². The number of hydrogen-bond donors (Lipinski definition) is 0. The van der Waals surface area contributed by atoms with E-state index in [1.807, 2.05) is 60.0 Å².